The van der Waals surface area contributed by atoms with Crippen LogP contribution in [-0.2, 0) is 0 Å². The highest BCUT2D eigenvalue weighted by Crippen LogP contribution is 2.33. The van der Waals surface area contributed by atoms with E-state index in [4.69, 9.17) is 5.84 Å². The van der Waals surface area contributed by atoms with E-state index in [1.54, 1.807) is 17.0 Å². The maximum atomic E-state index is 12.1. The van der Waals surface area contributed by atoms with Gasteiger partial charge in [0.2, 0.25) is 0 Å². The first-order chi connectivity index (χ1) is 10.3. The third-order valence-corrected chi connectivity index (χ3v) is 4.04. The molecule has 1 amide bonds. The predicted octanol–water partition coefficient (Wildman–Crippen LogP) is 0.809. The van der Waals surface area contributed by atoms with E-state index in [-0.39, 0.29) is 5.91 Å². The molecule has 4 N–H and O–H groups in total. The summed E-state index contributed by atoms with van der Waals surface area (Å²) in [6, 6.07) is 5.58. The number of benzene rings is 1. The molecule has 2 aromatic rings. The van der Waals surface area contributed by atoms with Crippen LogP contribution in [0.15, 0.2) is 29.4 Å². The second-order valence-electron chi connectivity index (χ2n) is 5.21. The fourth-order valence-electron chi connectivity index (χ4n) is 3.09. The van der Waals surface area contributed by atoms with Crippen LogP contribution in [0.1, 0.15) is 28.0 Å². The van der Waals surface area contributed by atoms with Crippen LogP contribution < -0.4 is 16.6 Å². The molecular formula is C15H15N5O. The molecule has 106 valence electrons. The van der Waals surface area contributed by atoms with Gasteiger partial charge >= 0.3 is 0 Å². The Morgan fingerprint density at radius 1 is 1.33 bits per heavy atom. The van der Waals surface area contributed by atoms with Crippen LogP contribution in [0.3, 0.4) is 0 Å². The van der Waals surface area contributed by atoms with E-state index in [9.17, 15) is 4.79 Å². The lowest BCUT2D eigenvalue weighted by atomic mass is 9.99. The molecule has 6 heteroatoms. The molecule has 0 saturated heterocycles. The first-order valence-corrected chi connectivity index (χ1v) is 6.93. The normalized spacial score (nSPS) is 17.5. The van der Waals surface area contributed by atoms with Crippen molar-refractivity contribution in [2.75, 3.05) is 18.9 Å². The molecule has 0 fully saturated rings. The maximum Gasteiger partial charge on any atom is 0.272 e. The molecule has 0 radical (unpaired) electrons. The van der Waals surface area contributed by atoms with Gasteiger partial charge in [-0.2, -0.15) is 5.10 Å². The fourth-order valence-corrected chi connectivity index (χ4v) is 3.09. The number of rotatable bonds is 1. The minimum atomic E-state index is -0.202. The number of carbonyl (C=O) groups excluding carboxylic acids is 1. The maximum absolute atomic E-state index is 12.1. The molecule has 2 aliphatic rings. The van der Waals surface area contributed by atoms with E-state index >= 15 is 0 Å². The Labute approximate surface area is 121 Å². The number of amides is 1. The summed E-state index contributed by atoms with van der Waals surface area (Å²) in [5.74, 6) is 6.10. The largest absolute Gasteiger partial charge is 0.339 e. The van der Waals surface area contributed by atoms with Crippen LogP contribution in [0.2, 0.25) is 0 Å². The number of hydrogen-bond acceptors (Lipinski definition) is 4. The zero-order valence-electron chi connectivity index (χ0n) is 11.4. The monoisotopic (exact) mass is 281 g/mol. The van der Waals surface area contributed by atoms with Crippen LogP contribution in [0.5, 0.6) is 0 Å². The minimum absolute atomic E-state index is 0.202. The Kier molecular flexibility index (Phi) is 2.58. The number of aromatic nitrogens is 1. The molecule has 0 spiro atoms. The van der Waals surface area contributed by atoms with Gasteiger partial charge in [-0.25, -0.2) is 5.43 Å². The molecule has 4 rings (SSSR count). The van der Waals surface area contributed by atoms with E-state index in [1.165, 1.54) is 5.57 Å². The fraction of sp³-hybridized carbons (Fsp3) is 0.200. The van der Waals surface area contributed by atoms with Gasteiger partial charge in [0.05, 0.1) is 23.0 Å². The van der Waals surface area contributed by atoms with E-state index < -0.39 is 0 Å². The summed E-state index contributed by atoms with van der Waals surface area (Å²) in [6.07, 6.45) is 4.74. The predicted molar refractivity (Wildman–Crippen MR) is 82.6 cm³/mol. The highest BCUT2D eigenvalue weighted by Gasteiger charge is 2.24. The summed E-state index contributed by atoms with van der Waals surface area (Å²) in [4.78, 5) is 12.1. The SMILES string of the molecule is Nn1c(C2=CCNCC2)c2c3c(cccc31)C(=O)NN=C2. The summed E-state index contributed by atoms with van der Waals surface area (Å²) in [5.41, 5.74) is 7.04. The quantitative estimate of drug-likeness (QED) is 0.676. The molecule has 21 heavy (non-hydrogen) atoms. The zero-order chi connectivity index (χ0) is 14.4. The molecule has 0 atom stereocenters. The average Bonchev–Trinajstić information content (AvgIpc) is 2.69. The Morgan fingerprint density at radius 2 is 2.24 bits per heavy atom. The molecule has 2 aliphatic heterocycles. The van der Waals surface area contributed by atoms with Gasteiger partial charge in [-0.15, -0.1) is 0 Å². The lowest BCUT2D eigenvalue weighted by Crippen LogP contribution is -2.22. The van der Waals surface area contributed by atoms with Crippen LogP contribution in [0.25, 0.3) is 16.5 Å². The van der Waals surface area contributed by atoms with Crippen molar-refractivity contribution in [3.8, 4) is 0 Å². The summed E-state index contributed by atoms with van der Waals surface area (Å²) in [6.45, 7) is 1.76. The third kappa shape index (κ3) is 1.69. The van der Waals surface area contributed by atoms with Crippen LogP contribution >= 0.6 is 0 Å². The van der Waals surface area contributed by atoms with E-state index in [0.717, 1.165) is 41.7 Å². The smallest absolute Gasteiger partial charge is 0.272 e. The van der Waals surface area contributed by atoms with Crippen LogP contribution in [-0.4, -0.2) is 29.9 Å². The van der Waals surface area contributed by atoms with Gasteiger partial charge in [-0.05, 0) is 30.7 Å². The van der Waals surface area contributed by atoms with Crippen molar-refractivity contribution in [1.29, 1.82) is 0 Å². The average molecular weight is 281 g/mol. The van der Waals surface area contributed by atoms with Crippen LogP contribution in [0, 0.1) is 0 Å². The molecule has 0 saturated carbocycles. The number of nitrogen functional groups attached to an aromatic ring is 1. The van der Waals surface area contributed by atoms with Gasteiger partial charge in [0, 0.05) is 17.5 Å². The van der Waals surface area contributed by atoms with Crippen molar-refractivity contribution in [2.45, 2.75) is 6.42 Å². The number of nitrogens with zero attached hydrogens (tertiary/aromatic N) is 2. The highest BCUT2D eigenvalue weighted by atomic mass is 16.2. The zero-order valence-corrected chi connectivity index (χ0v) is 11.4. The first-order valence-electron chi connectivity index (χ1n) is 6.93. The number of hydrazone groups is 1. The summed E-state index contributed by atoms with van der Waals surface area (Å²) in [7, 11) is 0. The molecule has 0 bridgehead atoms. The van der Waals surface area contributed by atoms with Gasteiger partial charge in [0.15, 0.2) is 0 Å². The number of nitrogens with two attached hydrogens (primary N) is 1. The van der Waals surface area contributed by atoms with Crippen molar-refractivity contribution in [3.63, 3.8) is 0 Å². The van der Waals surface area contributed by atoms with Crippen molar-refractivity contribution in [3.05, 3.63) is 41.1 Å². The summed E-state index contributed by atoms with van der Waals surface area (Å²) in [5, 5.41) is 8.19. The molecular weight excluding hydrogens is 266 g/mol. The second-order valence-corrected chi connectivity index (χ2v) is 5.21. The Balaban J connectivity index is 2.09. The van der Waals surface area contributed by atoms with E-state index in [2.05, 4.69) is 21.9 Å². The van der Waals surface area contributed by atoms with Crippen molar-refractivity contribution < 1.29 is 4.79 Å². The Bertz CT molecular complexity index is 815. The lowest BCUT2D eigenvalue weighted by Gasteiger charge is -2.15. The Hall–Kier alpha value is -2.60. The summed E-state index contributed by atoms with van der Waals surface area (Å²) < 4.78 is 1.68. The number of nitrogens with one attached hydrogen (secondary N) is 2. The van der Waals surface area contributed by atoms with E-state index in [1.807, 2.05) is 12.1 Å². The number of carbonyl (C=O) groups is 1. The highest BCUT2D eigenvalue weighted by molar-refractivity contribution is 6.16. The molecule has 0 aliphatic carbocycles. The van der Waals surface area contributed by atoms with Crippen molar-refractivity contribution in [1.82, 2.24) is 15.4 Å². The van der Waals surface area contributed by atoms with Crippen LogP contribution in [0.4, 0.5) is 0 Å². The molecule has 1 aromatic heterocycles. The van der Waals surface area contributed by atoms with Gasteiger partial charge < -0.3 is 11.2 Å². The van der Waals surface area contributed by atoms with Gasteiger partial charge in [-0.3, -0.25) is 9.47 Å². The molecule has 0 unspecified atom stereocenters. The third-order valence-electron chi connectivity index (χ3n) is 4.04. The summed E-state index contributed by atoms with van der Waals surface area (Å²) >= 11 is 0. The first kappa shape index (κ1) is 12.2. The Morgan fingerprint density at radius 3 is 3.05 bits per heavy atom. The molecule has 1 aromatic carbocycles. The standard InChI is InChI=1S/C15H15N5O/c16-20-12-3-1-2-10-13(12)11(8-18-19-15(10)21)14(20)9-4-6-17-7-5-9/h1-4,8,17H,5-7,16H2,(H,19,21). The minimum Gasteiger partial charge on any atom is -0.339 e. The van der Waals surface area contributed by atoms with E-state index in [0.29, 0.717) is 5.56 Å². The molecule has 3 heterocycles. The van der Waals surface area contributed by atoms with Gasteiger partial charge in [-0.1, -0.05) is 12.1 Å². The topological polar surface area (TPSA) is 84.4 Å². The van der Waals surface area contributed by atoms with Gasteiger partial charge in [0.25, 0.3) is 5.91 Å². The van der Waals surface area contributed by atoms with Crippen molar-refractivity contribution in [2.24, 2.45) is 5.10 Å². The lowest BCUT2D eigenvalue weighted by molar-refractivity contribution is 0.0957. The van der Waals surface area contributed by atoms with Crippen molar-refractivity contribution >= 4 is 28.6 Å². The van der Waals surface area contributed by atoms with Gasteiger partial charge in [0.1, 0.15) is 0 Å². The second kappa shape index (κ2) is 4.46. The number of hydrogen-bond donors (Lipinski definition) is 3. The molecule has 6 nitrogen and oxygen atoms in total.